The molecule has 0 bridgehead atoms. The van der Waals surface area contributed by atoms with Crippen LogP contribution in [0.1, 0.15) is 56.4 Å². The molecule has 0 unspecified atom stereocenters. The fourth-order valence-corrected chi connectivity index (χ4v) is 4.44. The summed E-state index contributed by atoms with van der Waals surface area (Å²) in [6.45, 7) is 10.5. The summed E-state index contributed by atoms with van der Waals surface area (Å²) in [6, 6.07) is 2.13. The summed E-state index contributed by atoms with van der Waals surface area (Å²) in [6.07, 6.45) is 4.09. The van der Waals surface area contributed by atoms with E-state index in [0.29, 0.717) is 44.9 Å². The van der Waals surface area contributed by atoms with E-state index >= 15 is 0 Å². The quantitative estimate of drug-likeness (QED) is 0.193. The van der Waals surface area contributed by atoms with E-state index in [4.69, 9.17) is 0 Å². The highest BCUT2D eigenvalue weighted by molar-refractivity contribution is 14.0. The number of thiophene rings is 1. The van der Waals surface area contributed by atoms with E-state index in [1.54, 1.807) is 18.4 Å². The maximum atomic E-state index is 12.4. The van der Waals surface area contributed by atoms with Crippen molar-refractivity contribution in [3.05, 3.63) is 21.9 Å². The number of amides is 2. The van der Waals surface area contributed by atoms with Crippen LogP contribution in [0, 0.1) is 12.8 Å². The maximum Gasteiger partial charge on any atom is 0.222 e. The van der Waals surface area contributed by atoms with Crippen molar-refractivity contribution in [2.45, 2.75) is 59.4 Å². The lowest BCUT2D eigenvalue weighted by Gasteiger charge is -2.35. The second kappa shape index (κ2) is 15.5. The molecule has 1 aromatic rings. The molecule has 32 heavy (non-hydrogen) atoms. The molecule has 0 aliphatic carbocycles. The third-order valence-corrected chi connectivity index (χ3v) is 6.56. The van der Waals surface area contributed by atoms with Crippen molar-refractivity contribution >= 4 is 53.1 Å². The molecule has 2 heterocycles. The number of hydrogen-bond donors (Lipinski definition) is 2. The number of piperazine rings is 1. The fourth-order valence-electron chi connectivity index (χ4n) is 3.60. The van der Waals surface area contributed by atoms with Gasteiger partial charge in [-0.25, -0.2) is 0 Å². The first-order chi connectivity index (χ1) is 14.9. The lowest BCUT2D eigenvalue weighted by Crippen LogP contribution is -2.50. The first-order valence-electron chi connectivity index (χ1n) is 11.4. The molecule has 0 radical (unpaired) electrons. The van der Waals surface area contributed by atoms with Crippen LogP contribution in [-0.2, 0) is 16.1 Å². The number of rotatable bonds is 10. The van der Waals surface area contributed by atoms with Crippen molar-refractivity contribution in [1.29, 1.82) is 0 Å². The summed E-state index contributed by atoms with van der Waals surface area (Å²) in [7, 11) is 1.78. The van der Waals surface area contributed by atoms with Gasteiger partial charge in [0.25, 0.3) is 0 Å². The number of guanidine groups is 1. The van der Waals surface area contributed by atoms with Crippen LogP contribution in [-0.4, -0.2) is 67.3 Å². The number of unbranched alkanes of at least 4 members (excludes halogenated alkanes) is 2. The molecule has 182 valence electrons. The van der Waals surface area contributed by atoms with Crippen LogP contribution in [0.5, 0.6) is 0 Å². The first-order valence-corrected chi connectivity index (χ1v) is 12.3. The van der Waals surface area contributed by atoms with E-state index in [9.17, 15) is 9.59 Å². The van der Waals surface area contributed by atoms with Gasteiger partial charge in [0, 0.05) is 57.5 Å². The molecule has 7 nitrogen and oxygen atoms in total. The van der Waals surface area contributed by atoms with E-state index in [0.717, 1.165) is 38.3 Å². The van der Waals surface area contributed by atoms with Crippen molar-refractivity contribution in [2.24, 2.45) is 10.9 Å². The van der Waals surface area contributed by atoms with Crippen molar-refractivity contribution in [1.82, 2.24) is 20.4 Å². The Morgan fingerprint density at radius 2 is 1.72 bits per heavy atom. The summed E-state index contributed by atoms with van der Waals surface area (Å²) in [4.78, 5) is 34.0. The van der Waals surface area contributed by atoms with Crippen molar-refractivity contribution in [2.75, 3.05) is 39.8 Å². The summed E-state index contributed by atoms with van der Waals surface area (Å²) in [5.41, 5.74) is 1.31. The predicted octanol–water partition coefficient (Wildman–Crippen LogP) is 3.62. The average molecular weight is 578 g/mol. The molecule has 2 rings (SSSR count). The Labute approximate surface area is 214 Å². The zero-order valence-corrected chi connectivity index (χ0v) is 23.1. The van der Waals surface area contributed by atoms with Crippen molar-refractivity contribution < 1.29 is 9.59 Å². The Balaban J connectivity index is 0.00000512. The van der Waals surface area contributed by atoms with Gasteiger partial charge in [-0.05, 0) is 42.7 Å². The molecule has 1 fully saturated rings. The van der Waals surface area contributed by atoms with Crippen molar-refractivity contribution in [3.8, 4) is 0 Å². The second-order valence-electron chi connectivity index (χ2n) is 8.55. The highest BCUT2D eigenvalue weighted by atomic mass is 127. The number of carbonyl (C=O) groups excluding carboxylic acids is 2. The van der Waals surface area contributed by atoms with Gasteiger partial charge in [0.15, 0.2) is 5.96 Å². The molecule has 1 saturated heterocycles. The molecule has 1 aromatic heterocycles. The monoisotopic (exact) mass is 577 g/mol. The average Bonchev–Trinajstić information content (AvgIpc) is 3.16. The lowest BCUT2D eigenvalue weighted by molar-refractivity contribution is -0.140. The van der Waals surface area contributed by atoms with Gasteiger partial charge in [0.05, 0.1) is 6.54 Å². The molecule has 1 aliphatic rings. The highest BCUT2D eigenvalue weighted by Gasteiger charge is 2.23. The largest absolute Gasteiger partial charge is 0.356 e. The van der Waals surface area contributed by atoms with Gasteiger partial charge in [0.2, 0.25) is 11.8 Å². The summed E-state index contributed by atoms with van der Waals surface area (Å²) in [5, 5.41) is 8.80. The zero-order valence-electron chi connectivity index (χ0n) is 20.0. The standard InChI is InChI=1S/C23H39N5O2S.HI/c1-18(2)16-22(30)28-13-11-27(12-14-28)21(29)8-6-5-7-10-25-23(24-4)26-17-20-19(3)9-15-31-20;/h9,15,18H,5-8,10-14,16-17H2,1-4H3,(H2,24,25,26);1H. The Morgan fingerprint density at radius 3 is 2.28 bits per heavy atom. The Bertz CT molecular complexity index is 730. The third-order valence-electron chi connectivity index (χ3n) is 5.54. The minimum atomic E-state index is 0. The van der Waals surface area contributed by atoms with Crippen LogP contribution < -0.4 is 10.6 Å². The zero-order chi connectivity index (χ0) is 22.6. The summed E-state index contributed by atoms with van der Waals surface area (Å²) >= 11 is 1.75. The molecule has 0 saturated carbocycles. The summed E-state index contributed by atoms with van der Waals surface area (Å²) < 4.78 is 0. The Morgan fingerprint density at radius 1 is 1.06 bits per heavy atom. The molecule has 1 aliphatic heterocycles. The molecule has 2 amide bonds. The van der Waals surface area contributed by atoms with Crippen LogP contribution in [0.3, 0.4) is 0 Å². The molecule has 0 aromatic carbocycles. The number of aliphatic imine (C=N–C) groups is 1. The fraction of sp³-hybridized carbons (Fsp3) is 0.696. The van der Waals surface area contributed by atoms with Crippen LogP contribution in [0.25, 0.3) is 0 Å². The minimum Gasteiger partial charge on any atom is -0.356 e. The van der Waals surface area contributed by atoms with Gasteiger partial charge in [-0.15, -0.1) is 35.3 Å². The molecule has 9 heteroatoms. The third kappa shape index (κ3) is 10.1. The van der Waals surface area contributed by atoms with Gasteiger partial charge >= 0.3 is 0 Å². The number of carbonyl (C=O) groups is 2. The normalized spacial score (nSPS) is 14.3. The van der Waals surface area contributed by atoms with Gasteiger partial charge in [-0.1, -0.05) is 20.3 Å². The van der Waals surface area contributed by atoms with E-state index in [2.05, 4.69) is 47.8 Å². The Kier molecular flexibility index (Phi) is 13.9. The van der Waals surface area contributed by atoms with Crippen LogP contribution in [0.15, 0.2) is 16.4 Å². The van der Waals surface area contributed by atoms with E-state index in [-0.39, 0.29) is 35.8 Å². The highest BCUT2D eigenvalue weighted by Crippen LogP contribution is 2.14. The van der Waals surface area contributed by atoms with E-state index < -0.39 is 0 Å². The predicted molar refractivity (Wildman–Crippen MR) is 144 cm³/mol. The van der Waals surface area contributed by atoms with Crippen LogP contribution in [0.4, 0.5) is 0 Å². The molecular weight excluding hydrogens is 537 g/mol. The number of halogens is 1. The van der Waals surface area contributed by atoms with Gasteiger partial charge in [0.1, 0.15) is 0 Å². The topological polar surface area (TPSA) is 77.0 Å². The van der Waals surface area contributed by atoms with Gasteiger partial charge < -0.3 is 20.4 Å². The maximum absolute atomic E-state index is 12.4. The molecule has 0 spiro atoms. The lowest BCUT2D eigenvalue weighted by atomic mass is 10.1. The van der Waals surface area contributed by atoms with Crippen molar-refractivity contribution in [3.63, 3.8) is 0 Å². The SMILES string of the molecule is CN=C(NCCCCCC(=O)N1CCN(C(=O)CC(C)C)CC1)NCc1sccc1C.I. The van der Waals surface area contributed by atoms with E-state index in [1.807, 2.05) is 9.80 Å². The van der Waals surface area contributed by atoms with E-state index in [1.165, 1.54) is 10.4 Å². The number of hydrogen-bond acceptors (Lipinski definition) is 4. The van der Waals surface area contributed by atoms with Crippen LogP contribution >= 0.6 is 35.3 Å². The molecular formula is C23H40IN5O2S. The van der Waals surface area contributed by atoms with Crippen LogP contribution in [0.2, 0.25) is 0 Å². The summed E-state index contributed by atoms with van der Waals surface area (Å²) in [5.74, 6) is 1.62. The molecule has 0 atom stereocenters. The number of aryl methyl sites for hydroxylation is 1. The number of nitrogens with zero attached hydrogens (tertiary/aromatic N) is 3. The van der Waals surface area contributed by atoms with Gasteiger partial charge in [-0.2, -0.15) is 0 Å². The smallest absolute Gasteiger partial charge is 0.222 e. The molecule has 2 N–H and O–H groups in total. The minimum absolute atomic E-state index is 0. The first kappa shape index (κ1) is 28.7. The Hall–Kier alpha value is -1.36. The van der Waals surface area contributed by atoms with Gasteiger partial charge in [-0.3, -0.25) is 14.6 Å². The number of nitrogens with one attached hydrogen (secondary N) is 2. The second-order valence-corrected chi connectivity index (χ2v) is 9.55.